The number of aromatic nitrogens is 1. The fourth-order valence-corrected chi connectivity index (χ4v) is 2.97. The molecule has 0 radical (unpaired) electrons. The summed E-state index contributed by atoms with van der Waals surface area (Å²) >= 11 is 1.72. The van der Waals surface area contributed by atoms with Gasteiger partial charge in [0, 0.05) is 21.9 Å². The molecule has 0 spiro atoms. The fourth-order valence-electron chi connectivity index (χ4n) is 2.03. The van der Waals surface area contributed by atoms with Gasteiger partial charge >= 0.3 is 0 Å². The zero-order chi connectivity index (χ0) is 14.7. The summed E-state index contributed by atoms with van der Waals surface area (Å²) < 4.78 is 5.54. The maximum Gasteiger partial charge on any atom is 0.226 e. The predicted molar refractivity (Wildman–Crippen MR) is 87.1 cm³/mol. The quantitative estimate of drug-likeness (QED) is 0.568. The van der Waals surface area contributed by atoms with E-state index in [1.54, 1.807) is 18.0 Å². The molecule has 106 valence electrons. The number of benzene rings is 2. The number of nitrogens with zero attached hydrogens (tertiary/aromatic N) is 1. The molecular weight excluding hydrogens is 280 g/mol. The molecule has 0 fully saturated rings. The highest BCUT2D eigenvalue weighted by Gasteiger charge is 2.08. The molecular formula is C17H16N2OS. The lowest BCUT2D eigenvalue weighted by molar-refractivity contribution is 0.573. The first-order chi connectivity index (χ1) is 10.2. The summed E-state index contributed by atoms with van der Waals surface area (Å²) in [5, 5.41) is 0. The summed E-state index contributed by atoms with van der Waals surface area (Å²) in [4.78, 5) is 5.71. The van der Waals surface area contributed by atoms with Gasteiger partial charge in [0.15, 0.2) is 0 Å². The lowest BCUT2D eigenvalue weighted by Crippen LogP contribution is -1.91. The number of rotatable bonds is 4. The van der Waals surface area contributed by atoms with E-state index < -0.39 is 0 Å². The Morgan fingerprint density at radius 1 is 1.10 bits per heavy atom. The standard InChI is InChI=1S/C17H16N2OS/c1-12-15(18)8-5-9-16(12)21-11-14-10-20-17(19-14)13-6-3-2-4-7-13/h2-10H,11,18H2,1H3. The smallest absolute Gasteiger partial charge is 0.226 e. The van der Waals surface area contributed by atoms with Crippen molar-refractivity contribution in [2.45, 2.75) is 17.6 Å². The van der Waals surface area contributed by atoms with Crippen LogP contribution in [0.1, 0.15) is 11.3 Å². The highest BCUT2D eigenvalue weighted by atomic mass is 32.2. The molecule has 1 aromatic heterocycles. The van der Waals surface area contributed by atoms with Gasteiger partial charge in [0.1, 0.15) is 6.26 Å². The van der Waals surface area contributed by atoms with Crippen LogP contribution in [0.3, 0.4) is 0 Å². The Labute approximate surface area is 128 Å². The lowest BCUT2D eigenvalue weighted by Gasteiger charge is -2.06. The zero-order valence-electron chi connectivity index (χ0n) is 11.7. The van der Waals surface area contributed by atoms with Crippen LogP contribution in [-0.2, 0) is 5.75 Å². The van der Waals surface area contributed by atoms with Crippen LogP contribution < -0.4 is 5.73 Å². The molecule has 3 nitrogen and oxygen atoms in total. The monoisotopic (exact) mass is 296 g/mol. The topological polar surface area (TPSA) is 52.0 Å². The molecule has 2 N–H and O–H groups in total. The van der Waals surface area contributed by atoms with Gasteiger partial charge in [0.25, 0.3) is 0 Å². The average Bonchev–Trinajstić information content (AvgIpc) is 2.99. The highest BCUT2D eigenvalue weighted by Crippen LogP contribution is 2.29. The van der Waals surface area contributed by atoms with Gasteiger partial charge in [-0.25, -0.2) is 4.98 Å². The van der Waals surface area contributed by atoms with E-state index >= 15 is 0 Å². The average molecular weight is 296 g/mol. The molecule has 1 heterocycles. The van der Waals surface area contributed by atoms with Gasteiger partial charge in [0.05, 0.1) is 5.69 Å². The van der Waals surface area contributed by atoms with E-state index in [1.165, 1.54) is 4.90 Å². The summed E-state index contributed by atoms with van der Waals surface area (Å²) in [7, 11) is 0. The van der Waals surface area contributed by atoms with Gasteiger partial charge in [-0.2, -0.15) is 0 Å². The molecule has 0 atom stereocenters. The minimum atomic E-state index is 0.662. The summed E-state index contributed by atoms with van der Waals surface area (Å²) in [6.45, 7) is 2.04. The van der Waals surface area contributed by atoms with Crippen molar-refractivity contribution in [1.29, 1.82) is 0 Å². The number of hydrogen-bond acceptors (Lipinski definition) is 4. The largest absolute Gasteiger partial charge is 0.444 e. The van der Waals surface area contributed by atoms with Gasteiger partial charge in [-0.1, -0.05) is 24.3 Å². The van der Waals surface area contributed by atoms with E-state index in [0.29, 0.717) is 5.89 Å². The van der Waals surface area contributed by atoms with Crippen molar-refractivity contribution < 1.29 is 4.42 Å². The molecule has 0 aliphatic carbocycles. The number of oxazole rings is 1. The number of hydrogen-bond donors (Lipinski definition) is 1. The molecule has 4 heteroatoms. The van der Waals surface area contributed by atoms with Gasteiger partial charge in [-0.3, -0.25) is 0 Å². The van der Waals surface area contributed by atoms with Crippen LogP contribution in [0.15, 0.2) is 64.1 Å². The number of thioether (sulfide) groups is 1. The van der Waals surface area contributed by atoms with Crippen molar-refractivity contribution in [1.82, 2.24) is 4.98 Å². The SMILES string of the molecule is Cc1c(N)cccc1SCc1coc(-c2ccccc2)n1. The first-order valence-corrected chi connectivity index (χ1v) is 7.70. The Morgan fingerprint density at radius 3 is 2.71 bits per heavy atom. The van der Waals surface area contributed by atoms with Crippen LogP contribution in [0, 0.1) is 6.92 Å². The van der Waals surface area contributed by atoms with Gasteiger partial charge in [0.2, 0.25) is 5.89 Å². The third-order valence-electron chi connectivity index (χ3n) is 3.27. The summed E-state index contributed by atoms with van der Waals surface area (Å²) in [5.74, 6) is 1.43. The first-order valence-electron chi connectivity index (χ1n) is 6.72. The third-order valence-corrected chi connectivity index (χ3v) is 4.47. The van der Waals surface area contributed by atoms with Crippen LogP contribution in [0.2, 0.25) is 0 Å². The molecule has 0 unspecified atom stereocenters. The number of nitrogens with two attached hydrogens (primary N) is 1. The Hall–Kier alpha value is -2.20. The Morgan fingerprint density at radius 2 is 1.90 bits per heavy atom. The second-order valence-electron chi connectivity index (χ2n) is 4.77. The summed E-state index contributed by atoms with van der Waals surface area (Å²) in [6, 6.07) is 15.9. The number of anilines is 1. The normalized spacial score (nSPS) is 10.7. The minimum absolute atomic E-state index is 0.662. The lowest BCUT2D eigenvalue weighted by atomic mass is 10.2. The highest BCUT2D eigenvalue weighted by molar-refractivity contribution is 7.98. The van der Waals surface area contributed by atoms with E-state index in [4.69, 9.17) is 10.2 Å². The second-order valence-corrected chi connectivity index (χ2v) is 5.79. The van der Waals surface area contributed by atoms with Gasteiger partial charge < -0.3 is 10.2 Å². The van der Waals surface area contributed by atoms with Crippen LogP contribution in [-0.4, -0.2) is 4.98 Å². The molecule has 21 heavy (non-hydrogen) atoms. The summed E-state index contributed by atoms with van der Waals surface area (Å²) in [6.07, 6.45) is 1.72. The Bertz CT molecular complexity index is 738. The fraction of sp³-hybridized carbons (Fsp3) is 0.118. The minimum Gasteiger partial charge on any atom is -0.444 e. The molecule has 0 saturated carbocycles. The van der Waals surface area contributed by atoms with E-state index in [1.807, 2.05) is 49.4 Å². The molecule has 0 aliphatic heterocycles. The van der Waals surface area contributed by atoms with E-state index in [0.717, 1.165) is 28.3 Å². The van der Waals surface area contributed by atoms with E-state index in [-0.39, 0.29) is 0 Å². The van der Waals surface area contributed by atoms with Crippen molar-refractivity contribution in [2.24, 2.45) is 0 Å². The van der Waals surface area contributed by atoms with Crippen LogP contribution in [0.4, 0.5) is 5.69 Å². The van der Waals surface area contributed by atoms with E-state index in [2.05, 4.69) is 11.1 Å². The third kappa shape index (κ3) is 3.11. The molecule has 0 aliphatic rings. The summed E-state index contributed by atoms with van der Waals surface area (Å²) in [5.41, 5.74) is 9.79. The van der Waals surface area contributed by atoms with Crippen LogP contribution in [0.5, 0.6) is 0 Å². The van der Waals surface area contributed by atoms with E-state index in [9.17, 15) is 0 Å². The van der Waals surface area contributed by atoms with Crippen molar-refractivity contribution in [3.63, 3.8) is 0 Å². The van der Waals surface area contributed by atoms with Crippen molar-refractivity contribution >= 4 is 17.4 Å². The Kier molecular flexibility index (Phi) is 3.97. The van der Waals surface area contributed by atoms with Crippen LogP contribution in [0.25, 0.3) is 11.5 Å². The van der Waals surface area contributed by atoms with Crippen LogP contribution >= 0.6 is 11.8 Å². The maximum atomic E-state index is 5.92. The molecule has 3 aromatic rings. The molecule has 0 bridgehead atoms. The maximum absolute atomic E-state index is 5.92. The van der Waals surface area contributed by atoms with Gasteiger partial charge in [-0.05, 0) is 36.8 Å². The second kappa shape index (κ2) is 6.06. The molecule has 0 saturated heterocycles. The van der Waals surface area contributed by atoms with Crippen molar-refractivity contribution in [3.05, 3.63) is 66.1 Å². The molecule has 0 amide bonds. The molecule has 2 aromatic carbocycles. The Balaban J connectivity index is 1.72. The molecule has 3 rings (SSSR count). The van der Waals surface area contributed by atoms with Crippen molar-refractivity contribution in [3.8, 4) is 11.5 Å². The van der Waals surface area contributed by atoms with Gasteiger partial charge in [-0.15, -0.1) is 11.8 Å². The first kappa shape index (κ1) is 13.8. The number of nitrogen functional groups attached to an aromatic ring is 1. The van der Waals surface area contributed by atoms with Crippen molar-refractivity contribution in [2.75, 3.05) is 5.73 Å². The zero-order valence-corrected chi connectivity index (χ0v) is 12.6. The predicted octanol–water partition coefficient (Wildman–Crippen LogP) is 4.52.